The number of hydrogen-bond donors (Lipinski definition) is 2. The van der Waals surface area contributed by atoms with Gasteiger partial charge in [0, 0.05) is 18.5 Å². The average Bonchev–Trinajstić information content (AvgIpc) is 3.28. The van der Waals surface area contributed by atoms with Crippen molar-refractivity contribution < 1.29 is 14.1 Å². The third-order valence-electron chi connectivity index (χ3n) is 4.44. The van der Waals surface area contributed by atoms with Gasteiger partial charge in [0.1, 0.15) is 0 Å². The van der Waals surface area contributed by atoms with E-state index in [-0.39, 0.29) is 11.2 Å². The van der Waals surface area contributed by atoms with Crippen LogP contribution in [0.1, 0.15) is 38.1 Å². The highest BCUT2D eigenvalue weighted by Gasteiger charge is 2.21. The van der Waals surface area contributed by atoms with Gasteiger partial charge in [-0.2, -0.15) is 0 Å². The fraction of sp³-hybridized carbons (Fsp3) is 0.500. The Balaban J connectivity index is 1.51. The molecular weight excluding hydrogens is 336 g/mol. The monoisotopic (exact) mass is 361 g/mol. The lowest BCUT2D eigenvalue weighted by molar-refractivity contribution is -0.902. The Hall–Kier alpha value is -1.86. The van der Waals surface area contributed by atoms with Gasteiger partial charge in [0.25, 0.3) is 11.1 Å². The SMILES string of the molecule is CCc1ccc(NC(=O)[C@H](C)Sc2nnc(C[NH+]3CCCC3)o2)cc1. The van der Waals surface area contributed by atoms with Crippen LogP contribution < -0.4 is 10.2 Å². The van der Waals surface area contributed by atoms with Crippen LogP contribution in [0.2, 0.25) is 0 Å². The van der Waals surface area contributed by atoms with Crippen molar-refractivity contribution in [2.45, 2.75) is 50.1 Å². The summed E-state index contributed by atoms with van der Waals surface area (Å²) in [6.45, 7) is 7.06. The van der Waals surface area contributed by atoms with Gasteiger partial charge in [-0.05, 0) is 31.0 Å². The van der Waals surface area contributed by atoms with Crippen LogP contribution in [0.4, 0.5) is 5.69 Å². The van der Waals surface area contributed by atoms with Crippen LogP contribution in [0.15, 0.2) is 33.9 Å². The Kier molecular flexibility index (Phi) is 6.09. The molecule has 2 heterocycles. The van der Waals surface area contributed by atoms with Crippen molar-refractivity contribution >= 4 is 23.4 Å². The molecule has 1 aliphatic rings. The summed E-state index contributed by atoms with van der Waals surface area (Å²) in [5, 5.41) is 11.2. The number of benzene rings is 1. The summed E-state index contributed by atoms with van der Waals surface area (Å²) in [4.78, 5) is 13.8. The highest BCUT2D eigenvalue weighted by molar-refractivity contribution is 8.00. The quantitative estimate of drug-likeness (QED) is 0.738. The van der Waals surface area contributed by atoms with Crippen LogP contribution in [0.25, 0.3) is 0 Å². The van der Waals surface area contributed by atoms with Gasteiger partial charge in [-0.15, -0.1) is 10.2 Å². The Morgan fingerprint density at radius 3 is 2.68 bits per heavy atom. The molecule has 2 aromatic rings. The lowest BCUT2D eigenvalue weighted by Gasteiger charge is -2.10. The normalized spacial score (nSPS) is 16.1. The van der Waals surface area contributed by atoms with Gasteiger partial charge in [0.05, 0.1) is 18.3 Å². The number of aromatic nitrogens is 2. The first-order chi connectivity index (χ1) is 12.1. The third kappa shape index (κ3) is 5.06. The van der Waals surface area contributed by atoms with Crippen LogP contribution in [0.5, 0.6) is 0 Å². The van der Waals surface area contributed by atoms with E-state index in [2.05, 4.69) is 22.4 Å². The number of carbonyl (C=O) groups is 1. The summed E-state index contributed by atoms with van der Waals surface area (Å²) in [7, 11) is 0. The molecule has 1 aliphatic heterocycles. The first-order valence-electron chi connectivity index (χ1n) is 8.86. The Labute approximate surface area is 152 Å². The average molecular weight is 361 g/mol. The number of carbonyl (C=O) groups excluding carboxylic acids is 1. The molecule has 1 atom stereocenters. The fourth-order valence-corrected chi connectivity index (χ4v) is 3.60. The van der Waals surface area contributed by atoms with E-state index in [0.29, 0.717) is 11.1 Å². The molecule has 6 nitrogen and oxygen atoms in total. The molecule has 1 aromatic heterocycles. The minimum Gasteiger partial charge on any atom is -0.410 e. The van der Waals surface area contributed by atoms with E-state index in [1.165, 1.54) is 48.2 Å². The molecule has 0 bridgehead atoms. The van der Waals surface area contributed by atoms with Crippen LogP contribution in [0.3, 0.4) is 0 Å². The van der Waals surface area contributed by atoms with Gasteiger partial charge in [-0.1, -0.05) is 30.8 Å². The molecule has 0 spiro atoms. The van der Waals surface area contributed by atoms with Crippen molar-refractivity contribution in [2.75, 3.05) is 18.4 Å². The number of aryl methyl sites for hydroxylation is 1. The Bertz CT molecular complexity index is 695. The van der Waals surface area contributed by atoms with Gasteiger partial charge in [0.2, 0.25) is 5.91 Å². The van der Waals surface area contributed by atoms with E-state index in [4.69, 9.17) is 4.42 Å². The number of anilines is 1. The van der Waals surface area contributed by atoms with E-state index in [1.807, 2.05) is 31.2 Å². The summed E-state index contributed by atoms with van der Waals surface area (Å²) in [5.74, 6) is 0.585. The molecule has 2 N–H and O–H groups in total. The number of quaternary nitrogens is 1. The molecule has 0 radical (unpaired) electrons. The molecule has 134 valence electrons. The van der Waals surface area contributed by atoms with Crippen molar-refractivity contribution in [3.8, 4) is 0 Å². The molecule has 1 amide bonds. The second-order valence-corrected chi connectivity index (χ2v) is 7.69. The van der Waals surface area contributed by atoms with Crippen molar-refractivity contribution in [1.82, 2.24) is 10.2 Å². The first kappa shape index (κ1) is 17.9. The number of rotatable bonds is 7. The molecule has 1 aromatic carbocycles. The van der Waals surface area contributed by atoms with E-state index in [0.717, 1.165) is 18.7 Å². The second-order valence-electron chi connectivity index (χ2n) is 6.40. The van der Waals surface area contributed by atoms with Crippen molar-refractivity contribution in [2.24, 2.45) is 0 Å². The summed E-state index contributed by atoms with van der Waals surface area (Å²) >= 11 is 1.30. The van der Waals surface area contributed by atoms with Gasteiger partial charge in [-0.25, -0.2) is 0 Å². The van der Waals surface area contributed by atoms with Crippen molar-refractivity contribution in [1.29, 1.82) is 0 Å². The zero-order valence-electron chi connectivity index (χ0n) is 14.7. The number of hydrogen-bond acceptors (Lipinski definition) is 5. The molecule has 25 heavy (non-hydrogen) atoms. The van der Waals surface area contributed by atoms with E-state index in [1.54, 1.807) is 0 Å². The smallest absolute Gasteiger partial charge is 0.277 e. The topological polar surface area (TPSA) is 72.5 Å². The second kappa shape index (κ2) is 8.49. The molecule has 0 unspecified atom stereocenters. The zero-order valence-corrected chi connectivity index (χ0v) is 15.6. The fourth-order valence-electron chi connectivity index (χ4n) is 2.90. The zero-order chi connectivity index (χ0) is 17.6. The number of nitrogens with one attached hydrogen (secondary N) is 2. The van der Waals surface area contributed by atoms with E-state index < -0.39 is 0 Å². The molecule has 1 fully saturated rings. The number of nitrogens with zero attached hydrogens (tertiary/aromatic N) is 2. The van der Waals surface area contributed by atoms with Crippen molar-refractivity contribution in [3.05, 3.63) is 35.7 Å². The van der Waals surface area contributed by atoms with Gasteiger partial charge < -0.3 is 14.6 Å². The molecular formula is C18H25N4O2S+. The number of amides is 1. The molecule has 7 heteroatoms. The number of thioether (sulfide) groups is 1. The minimum atomic E-state index is -0.307. The summed E-state index contributed by atoms with van der Waals surface area (Å²) in [6.07, 6.45) is 3.52. The van der Waals surface area contributed by atoms with E-state index in [9.17, 15) is 4.79 Å². The molecule has 3 rings (SSSR count). The summed E-state index contributed by atoms with van der Waals surface area (Å²) < 4.78 is 5.69. The molecule has 0 aliphatic carbocycles. The lowest BCUT2D eigenvalue weighted by atomic mass is 10.1. The molecule has 0 saturated carbocycles. The maximum Gasteiger partial charge on any atom is 0.277 e. The highest BCUT2D eigenvalue weighted by Crippen LogP contribution is 2.23. The third-order valence-corrected chi connectivity index (χ3v) is 5.37. The standard InChI is InChI=1S/C18H24N4O2S/c1-3-14-6-8-15(9-7-14)19-17(23)13(2)25-18-21-20-16(24-18)12-22-10-4-5-11-22/h6-9,13H,3-5,10-12H2,1-2H3,(H,19,23)/p+1/t13-/m0/s1. The van der Waals surface area contributed by atoms with E-state index >= 15 is 0 Å². The van der Waals surface area contributed by atoms with Gasteiger partial charge in [-0.3, -0.25) is 4.79 Å². The number of likely N-dealkylation sites (tertiary alicyclic amines) is 1. The van der Waals surface area contributed by atoms with Crippen LogP contribution in [-0.2, 0) is 17.8 Å². The van der Waals surface area contributed by atoms with Crippen LogP contribution >= 0.6 is 11.8 Å². The summed E-state index contributed by atoms with van der Waals surface area (Å²) in [5.41, 5.74) is 2.05. The Morgan fingerprint density at radius 1 is 1.28 bits per heavy atom. The van der Waals surface area contributed by atoms with Crippen molar-refractivity contribution in [3.63, 3.8) is 0 Å². The van der Waals surface area contributed by atoms with Gasteiger partial charge >= 0.3 is 0 Å². The first-order valence-corrected chi connectivity index (χ1v) is 9.74. The largest absolute Gasteiger partial charge is 0.410 e. The highest BCUT2D eigenvalue weighted by atomic mass is 32.2. The minimum absolute atomic E-state index is 0.0702. The molecule has 1 saturated heterocycles. The maximum atomic E-state index is 12.3. The maximum absolute atomic E-state index is 12.3. The van der Waals surface area contributed by atoms with Crippen LogP contribution in [-0.4, -0.2) is 34.4 Å². The Morgan fingerprint density at radius 2 is 2.00 bits per heavy atom. The predicted molar refractivity (Wildman–Crippen MR) is 97.7 cm³/mol. The summed E-state index contributed by atoms with van der Waals surface area (Å²) in [6, 6.07) is 7.91. The van der Waals surface area contributed by atoms with Crippen LogP contribution in [0, 0.1) is 0 Å². The van der Waals surface area contributed by atoms with Gasteiger partial charge in [0.15, 0.2) is 6.54 Å². The lowest BCUT2D eigenvalue weighted by Crippen LogP contribution is -3.08. The predicted octanol–water partition coefficient (Wildman–Crippen LogP) is 1.93.